The zero-order valence-electron chi connectivity index (χ0n) is 7.88. The smallest absolute Gasteiger partial charge is 0.178 e. The van der Waals surface area contributed by atoms with E-state index in [-0.39, 0.29) is 0 Å². The lowest BCUT2D eigenvalue weighted by molar-refractivity contribution is 1.21. The Bertz CT molecular complexity index is 586. The van der Waals surface area contributed by atoms with E-state index in [1.165, 1.54) is 0 Å². The maximum absolute atomic E-state index is 4.41. The molecule has 72 valence electrons. The molecule has 3 aromatic heterocycles. The van der Waals surface area contributed by atoms with Crippen LogP contribution in [0.4, 0.5) is 0 Å². The normalized spacial score (nSPS) is 10.7. The van der Waals surface area contributed by atoms with E-state index in [2.05, 4.69) is 19.9 Å². The minimum absolute atomic E-state index is 0.671. The monoisotopic (exact) mass is 196 g/mol. The molecule has 0 aliphatic heterocycles. The average Bonchev–Trinajstić information content (AvgIpc) is 2.82. The van der Waals surface area contributed by atoms with Crippen molar-refractivity contribution < 1.29 is 0 Å². The van der Waals surface area contributed by atoms with Crippen molar-refractivity contribution in [3.8, 4) is 11.4 Å². The summed E-state index contributed by atoms with van der Waals surface area (Å²) in [5.74, 6) is 0. The summed E-state index contributed by atoms with van der Waals surface area (Å²) in [6.07, 6.45) is 5.32. The quantitative estimate of drug-likeness (QED) is 0.647. The van der Waals surface area contributed by atoms with Crippen LogP contribution in [0.3, 0.4) is 0 Å². The Hall–Kier alpha value is -2.23. The molecule has 0 amide bonds. The predicted molar refractivity (Wildman–Crippen MR) is 57.1 cm³/mol. The van der Waals surface area contributed by atoms with Gasteiger partial charge in [-0.1, -0.05) is 0 Å². The van der Waals surface area contributed by atoms with Crippen LogP contribution in [0.5, 0.6) is 0 Å². The number of H-pyrrole nitrogens is 1. The molecule has 0 spiro atoms. The summed E-state index contributed by atoms with van der Waals surface area (Å²) in [6.45, 7) is 0. The van der Waals surface area contributed by atoms with Crippen LogP contribution in [0.15, 0.2) is 42.9 Å². The summed E-state index contributed by atoms with van der Waals surface area (Å²) in [6, 6.07) is 7.64. The molecule has 15 heavy (non-hydrogen) atoms. The second-order valence-corrected chi connectivity index (χ2v) is 3.19. The van der Waals surface area contributed by atoms with E-state index in [1.54, 1.807) is 12.4 Å². The molecule has 0 aromatic carbocycles. The fourth-order valence-electron chi connectivity index (χ4n) is 1.47. The Balaban J connectivity index is 2.22. The lowest BCUT2D eigenvalue weighted by atomic mass is 10.3. The van der Waals surface area contributed by atoms with Crippen LogP contribution in [0.25, 0.3) is 22.6 Å². The molecule has 4 heteroatoms. The van der Waals surface area contributed by atoms with Crippen LogP contribution in [-0.4, -0.2) is 19.9 Å². The maximum atomic E-state index is 4.41. The van der Waals surface area contributed by atoms with Crippen molar-refractivity contribution in [3.63, 3.8) is 0 Å². The molecule has 4 nitrogen and oxygen atoms in total. The predicted octanol–water partition coefficient (Wildman–Crippen LogP) is 2.02. The first-order chi connectivity index (χ1) is 7.43. The van der Waals surface area contributed by atoms with E-state index >= 15 is 0 Å². The van der Waals surface area contributed by atoms with E-state index in [0.717, 1.165) is 16.9 Å². The van der Waals surface area contributed by atoms with Crippen LogP contribution in [0.1, 0.15) is 0 Å². The Kier molecular flexibility index (Phi) is 1.71. The number of pyridine rings is 1. The first kappa shape index (κ1) is 8.11. The standard InChI is InChI=1S/C11H8N4/c1-3-8(12-5-1)10-7-14-9-4-2-6-13-11(9)15-10/h1-7,12H. The second-order valence-electron chi connectivity index (χ2n) is 3.19. The van der Waals surface area contributed by atoms with Gasteiger partial charge in [-0.05, 0) is 24.3 Å². The Labute approximate surface area is 86.0 Å². The summed E-state index contributed by atoms with van der Waals surface area (Å²) < 4.78 is 0. The van der Waals surface area contributed by atoms with Gasteiger partial charge in [0.05, 0.1) is 11.9 Å². The number of nitrogens with one attached hydrogen (secondary N) is 1. The molecule has 0 atom stereocenters. The van der Waals surface area contributed by atoms with Crippen molar-refractivity contribution in [2.75, 3.05) is 0 Å². The van der Waals surface area contributed by atoms with Gasteiger partial charge in [0, 0.05) is 12.4 Å². The first-order valence-corrected chi connectivity index (χ1v) is 4.65. The minimum Gasteiger partial charge on any atom is -0.360 e. The Morgan fingerprint density at radius 3 is 2.93 bits per heavy atom. The van der Waals surface area contributed by atoms with E-state index < -0.39 is 0 Å². The van der Waals surface area contributed by atoms with Crippen molar-refractivity contribution in [2.45, 2.75) is 0 Å². The number of nitrogens with zero attached hydrogens (tertiary/aromatic N) is 3. The molecular weight excluding hydrogens is 188 g/mol. The van der Waals surface area contributed by atoms with Crippen molar-refractivity contribution in [1.29, 1.82) is 0 Å². The number of hydrogen-bond acceptors (Lipinski definition) is 3. The summed E-state index contributed by atoms with van der Waals surface area (Å²) in [4.78, 5) is 16.0. The number of rotatable bonds is 1. The number of aromatic nitrogens is 4. The highest BCUT2D eigenvalue weighted by Crippen LogP contribution is 2.15. The first-order valence-electron chi connectivity index (χ1n) is 4.65. The third-order valence-corrected chi connectivity index (χ3v) is 2.19. The fraction of sp³-hybridized carbons (Fsp3) is 0. The molecule has 0 fully saturated rings. The van der Waals surface area contributed by atoms with Crippen LogP contribution in [0, 0.1) is 0 Å². The molecule has 0 saturated heterocycles. The van der Waals surface area contributed by atoms with Gasteiger partial charge in [0.2, 0.25) is 0 Å². The summed E-state index contributed by atoms with van der Waals surface area (Å²) in [7, 11) is 0. The van der Waals surface area contributed by atoms with Crippen molar-refractivity contribution >= 4 is 11.2 Å². The lowest BCUT2D eigenvalue weighted by Crippen LogP contribution is -1.90. The van der Waals surface area contributed by atoms with Crippen molar-refractivity contribution in [2.24, 2.45) is 0 Å². The highest BCUT2D eigenvalue weighted by Gasteiger charge is 2.02. The molecule has 1 N–H and O–H groups in total. The van der Waals surface area contributed by atoms with E-state index in [4.69, 9.17) is 0 Å². The van der Waals surface area contributed by atoms with Gasteiger partial charge in [0.1, 0.15) is 11.2 Å². The molecule has 0 unspecified atom stereocenters. The van der Waals surface area contributed by atoms with Crippen molar-refractivity contribution in [3.05, 3.63) is 42.9 Å². The highest BCUT2D eigenvalue weighted by atomic mass is 14.9. The van der Waals surface area contributed by atoms with Gasteiger partial charge in [0.15, 0.2) is 5.65 Å². The van der Waals surface area contributed by atoms with Crippen LogP contribution < -0.4 is 0 Å². The number of aromatic amines is 1. The van der Waals surface area contributed by atoms with Gasteiger partial charge in [0.25, 0.3) is 0 Å². The molecular formula is C11H8N4. The Morgan fingerprint density at radius 2 is 2.07 bits per heavy atom. The lowest BCUT2D eigenvalue weighted by Gasteiger charge is -1.98. The van der Waals surface area contributed by atoms with Gasteiger partial charge in [-0.3, -0.25) is 4.98 Å². The average molecular weight is 196 g/mol. The maximum Gasteiger partial charge on any atom is 0.178 e. The van der Waals surface area contributed by atoms with Crippen LogP contribution >= 0.6 is 0 Å². The molecule has 3 heterocycles. The van der Waals surface area contributed by atoms with Gasteiger partial charge in [-0.2, -0.15) is 0 Å². The molecule has 3 aromatic rings. The van der Waals surface area contributed by atoms with Gasteiger partial charge >= 0.3 is 0 Å². The zero-order valence-corrected chi connectivity index (χ0v) is 7.88. The van der Waals surface area contributed by atoms with Gasteiger partial charge in [-0.25, -0.2) is 9.97 Å². The second kappa shape index (κ2) is 3.16. The van der Waals surface area contributed by atoms with Gasteiger partial charge < -0.3 is 4.98 Å². The molecule has 0 saturated carbocycles. The van der Waals surface area contributed by atoms with Crippen LogP contribution in [0.2, 0.25) is 0 Å². The summed E-state index contributed by atoms with van der Waals surface area (Å²) in [5, 5.41) is 0. The van der Waals surface area contributed by atoms with E-state index in [0.29, 0.717) is 5.65 Å². The molecule has 0 aliphatic carbocycles. The van der Waals surface area contributed by atoms with Gasteiger partial charge in [-0.15, -0.1) is 0 Å². The molecule has 0 radical (unpaired) electrons. The molecule has 0 aliphatic rings. The van der Waals surface area contributed by atoms with E-state index in [9.17, 15) is 0 Å². The Morgan fingerprint density at radius 1 is 1.07 bits per heavy atom. The van der Waals surface area contributed by atoms with E-state index in [1.807, 2.05) is 30.5 Å². The number of fused-ring (bicyclic) bond motifs is 1. The summed E-state index contributed by atoms with van der Waals surface area (Å²) in [5.41, 5.74) is 3.25. The third kappa shape index (κ3) is 1.36. The SMILES string of the molecule is c1c[nH]c(-c2cnc3cccnc3n2)c1. The minimum atomic E-state index is 0.671. The third-order valence-electron chi connectivity index (χ3n) is 2.19. The van der Waals surface area contributed by atoms with Crippen molar-refractivity contribution in [1.82, 2.24) is 19.9 Å². The topological polar surface area (TPSA) is 54.5 Å². The van der Waals surface area contributed by atoms with Crippen LogP contribution in [-0.2, 0) is 0 Å². The zero-order chi connectivity index (χ0) is 10.1. The fourth-order valence-corrected chi connectivity index (χ4v) is 1.47. The number of hydrogen-bond donors (Lipinski definition) is 1. The highest BCUT2D eigenvalue weighted by molar-refractivity contribution is 5.72. The largest absolute Gasteiger partial charge is 0.360 e. The summed E-state index contributed by atoms with van der Waals surface area (Å²) >= 11 is 0. The molecule has 0 bridgehead atoms. The molecule has 3 rings (SSSR count).